The predicted octanol–water partition coefficient (Wildman–Crippen LogP) is 3.67. The van der Waals surface area contributed by atoms with Gasteiger partial charge in [0.25, 0.3) is 0 Å². The Morgan fingerprint density at radius 1 is 1.14 bits per heavy atom. The van der Waals surface area contributed by atoms with Gasteiger partial charge in [0.2, 0.25) is 0 Å². The largest absolute Gasteiger partial charge is 0.357 e. The van der Waals surface area contributed by atoms with Gasteiger partial charge in [0.05, 0.1) is 12.2 Å². The predicted molar refractivity (Wildman–Crippen MR) is 89.9 cm³/mol. The summed E-state index contributed by atoms with van der Waals surface area (Å²) in [6, 6.07) is 10.2. The van der Waals surface area contributed by atoms with Crippen LogP contribution in [0, 0.1) is 0 Å². The molecule has 1 aromatic heterocycles. The zero-order chi connectivity index (χ0) is 14.7. The molecule has 5 rings (SSSR count). The van der Waals surface area contributed by atoms with Gasteiger partial charge in [-0.1, -0.05) is 31.5 Å². The fourth-order valence-electron chi connectivity index (χ4n) is 5.38. The minimum atomic E-state index is 0.599. The van der Waals surface area contributed by atoms with E-state index in [-0.39, 0.29) is 0 Å². The Bertz CT molecular complexity index is 704. The Hall–Kier alpha value is -1.32. The van der Waals surface area contributed by atoms with Crippen molar-refractivity contribution in [3.63, 3.8) is 0 Å². The fraction of sp³-hybridized carbons (Fsp3) is 0.579. The van der Waals surface area contributed by atoms with Crippen molar-refractivity contribution in [1.29, 1.82) is 0 Å². The molecule has 2 aromatic rings. The Kier molecular flexibility index (Phi) is 2.89. The molecule has 3 atom stereocenters. The number of hydrogen-bond acceptors (Lipinski definition) is 2. The fourth-order valence-corrected chi connectivity index (χ4v) is 5.38. The molecule has 3 nitrogen and oxygen atoms in total. The third-order valence-electron chi connectivity index (χ3n) is 6.21. The molecule has 2 fully saturated rings. The summed E-state index contributed by atoms with van der Waals surface area (Å²) >= 11 is 0. The van der Waals surface area contributed by atoms with Crippen molar-refractivity contribution in [1.82, 2.24) is 14.8 Å². The highest BCUT2D eigenvalue weighted by atomic mass is 15.5. The lowest BCUT2D eigenvalue weighted by Crippen LogP contribution is -2.43. The molecule has 0 aliphatic carbocycles. The average molecular weight is 295 g/mol. The summed E-state index contributed by atoms with van der Waals surface area (Å²) in [5.74, 6) is 0. The highest BCUT2D eigenvalue weighted by molar-refractivity contribution is 5.85. The van der Waals surface area contributed by atoms with Gasteiger partial charge in [0, 0.05) is 35.7 Å². The van der Waals surface area contributed by atoms with Gasteiger partial charge in [0.15, 0.2) is 0 Å². The first kappa shape index (κ1) is 13.1. The molecular weight excluding hydrogens is 270 g/mol. The minimum absolute atomic E-state index is 0.599. The maximum atomic E-state index is 3.80. The molecule has 0 bridgehead atoms. The molecular formula is C19H25N3. The first-order valence-corrected chi connectivity index (χ1v) is 8.99. The van der Waals surface area contributed by atoms with Crippen LogP contribution in [0.15, 0.2) is 24.3 Å². The lowest BCUT2D eigenvalue weighted by Gasteiger charge is -2.34. The molecule has 0 spiro atoms. The van der Waals surface area contributed by atoms with Gasteiger partial charge in [-0.25, -0.2) is 0 Å². The van der Waals surface area contributed by atoms with Gasteiger partial charge < -0.3 is 4.98 Å². The van der Waals surface area contributed by atoms with Crippen LogP contribution < -0.4 is 0 Å². The standard InChI is InChI=1S/C19H25N3/c1-2-17-21-11-6-5-9-16(21)19-18-14(10-12-22(17)19)13-7-3-4-8-15(13)20-18/h3-4,7-8,16-17,19-20H,2,5-6,9-12H2,1H3. The first-order chi connectivity index (χ1) is 10.9. The van der Waals surface area contributed by atoms with Crippen LogP contribution >= 0.6 is 0 Å². The highest BCUT2D eigenvalue weighted by Gasteiger charge is 2.50. The summed E-state index contributed by atoms with van der Waals surface area (Å²) in [5.41, 5.74) is 4.45. The molecule has 0 amide bonds. The molecule has 4 heterocycles. The second kappa shape index (κ2) is 4.84. The summed E-state index contributed by atoms with van der Waals surface area (Å²) in [5, 5.41) is 1.46. The monoisotopic (exact) mass is 295 g/mol. The first-order valence-electron chi connectivity index (χ1n) is 8.99. The lowest BCUT2D eigenvalue weighted by atomic mass is 9.90. The zero-order valence-corrected chi connectivity index (χ0v) is 13.4. The van der Waals surface area contributed by atoms with Gasteiger partial charge in [0.1, 0.15) is 0 Å². The average Bonchev–Trinajstić information content (AvgIpc) is 3.09. The Labute approximate surface area is 132 Å². The van der Waals surface area contributed by atoms with E-state index in [1.165, 1.54) is 61.8 Å². The van der Waals surface area contributed by atoms with E-state index in [1.807, 2.05) is 0 Å². The van der Waals surface area contributed by atoms with Gasteiger partial charge in [-0.15, -0.1) is 0 Å². The number of rotatable bonds is 1. The van der Waals surface area contributed by atoms with Crippen LogP contribution in [0.1, 0.15) is 49.9 Å². The van der Waals surface area contributed by atoms with Gasteiger partial charge in [-0.3, -0.25) is 9.80 Å². The second-order valence-corrected chi connectivity index (χ2v) is 7.19. The van der Waals surface area contributed by atoms with Crippen LogP contribution in [0.5, 0.6) is 0 Å². The number of fused-ring (bicyclic) bond motifs is 7. The number of nitrogens with zero attached hydrogens (tertiary/aromatic N) is 2. The summed E-state index contributed by atoms with van der Waals surface area (Å²) in [6.45, 7) is 4.89. The SMILES string of the molecule is CCC1N2CCCCC2C2c3[nH]c4ccccc4c3CCN21. The van der Waals surface area contributed by atoms with Gasteiger partial charge in [-0.05, 0) is 37.3 Å². The van der Waals surface area contributed by atoms with Gasteiger partial charge >= 0.3 is 0 Å². The zero-order valence-electron chi connectivity index (χ0n) is 13.4. The van der Waals surface area contributed by atoms with E-state index in [2.05, 4.69) is 46.0 Å². The molecule has 3 aliphatic rings. The summed E-state index contributed by atoms with van der Waals surface area (Å²) in [4.78, 5) is 9.41. The van der Waals surface area contributed by atoms with E-state index in [0.717, 1.165) is 6.04 Å². The normalized spacial score (nSPS) is 32.0. The maximum absolute atomic E-state index is 3.80. The quantitative estimate of drug-likeness (QED) is 0.867. The molecule has 2 saturated heterocycles. The van der Waals surface area contributed by atoms with Crippen molar-refractivity contribution in [2.24, 2.45) is 0 Å². The van der Waals surface area contributed by atoms with E-state index < -0.39 is 0 Å². The molecule has 3 unspecified atom stereocenters. The third kappa shape index (κ3) is 1.64. The number of benzene rings is 1. The van der Waals surface area contributed by atoms with Crippen molar-refractivity contribution in [2.45, 2.75) is 57.3 Å². The van der Waals surface area contributed by atoms with Crippen molar-refractivity contribution in [3.8, 4) is 0 Å². The van der Waals surface area contributed by atoms with Crippen LogP contribution in [0.4, 0.5) is 0 Å². The van der Waals surface area contributed by atoms with E-state index >= 15 is 0 Å². The topological polar surface area (TPSA) is 22.3 Å². The molecule has 0 radical (unpaired) electrons. The summed E-state index contributed by atoms with van der Waals surface area (Å²) in [7, 11) is 0. The van der Waals surface area contributed by atoms with Crippen molar-refractivity contribution in [2.75, 3.05) is 13.1 Å². The number of hydrogen-bond donors (Lipinski definition) is 1. The van der Waals surface area contributed by atoms with Crippen LogP contribution in [0.25, 0.3) is 10.9 Å². The van der Waals surface area contributed by atoms with Crippen LogP contribution in [-0.2, 0) is 6.42 Å². The molecule has 116 valence electrons. The molecule has 3 heteroatoms. The number of nitrogens with one attached hydrogen (secondary N) is 1. The maximum Gasteiger partial charge on any atom is 0.0672 e. The summed E-state index contributed by atoms with van der Waals surface area (Å²) < 4.78 is 0. The van der Waals surface area contributed by atoms with E-state index in [1.54, 1.807) is 5.56 Å². The molecule has 22 heavy (non-hydrogen) atoms. The molecule has 3 aliphatic heterocycles. The number of para-hydroxylation sites is 1. The Morgan fingerprint density at radius 2 is 2.05 bits per heavy atom. The third-order valence-corrected chi connectivity index (χ3v) is 6.21. The lowest BCUT2D eigenvalue weighted by molar-refractivity contribution is 0.0943. The van der Waals surface area contributed by atoms with E-state index in [9.17, 15) is 0 Å². The summed E-state index contributed by atoms with van der Waals surface area (Å²) in [6.07, 6.45) is 7.27. The molecule has 1 aromatic carbocycles. The Morgan fingerprint density at radius 3 is 2.95 bits per heavy atom. The van der Waals surface area contributed by atoms with Crippen molar-refractivity contribution in [3.05, 3.63) is 35.5 Å². The van der Waals surface area contributed by atoms with Gasteiger partial charge in [-0.2, -0.15) is 0 Å². The van der Waals surface area contributed by atoms with Crippen LogP contribution in [0.3, 0.4) is 0 Å². The number of aromatic amines is 1. The van der Waals surface area contributed by atoms with Crippen LogP contribution in [-0.4, -0.2) is 40.1 Å². The van der Waals surface area contributed by atoms with E-state index in [4.69, 9.17) is 0 Å². The Balaban J connectivity index is 1.66. The molecule has 1 N–H and O–H groups in total. The number of piperidine rings is 1. The van der Waals surface area contributed by atoms with Crippen LogP contribution in [0.2, 0.25) is 0 Å². The number of aromatic nitrogens is 1. The van der Waals surface area contributed by atoms with Crippen molar-refractivity contribution >= 4 is 10.9 Å². The number of H-pyrrole nitrogens is 1. The minimum Gasteiger partial charge on any atom is -0.357 e. The van der Waals surface area contributed by atoms with E-state index in [0.29, 0.717) is 12.2 Å². The highest BCUT2D eigenvalue weighted by Crippen LogP contribution is 2.47. The van der Waals surface area contributed by atoms with Crippen molar-refractivity contribution < 1.29 is 0 Å². The second-order valence-electron chi connectivity index (χ2n) is 7.19. The molecule has 0 saturated carbocycles. The smallest absolute Gasteiger partial charge is 0.0672 e.